The minimum atomic E-state index is -0.988. The van der Waals surface area contributed by atoms with E-state index in [0.29, 0.717) is 19.4 Å². The van der Waals surface area contributed by atoms with Crippen molar-refractivity contribution >= 4 is 11.8 Å². The Morgan fingerprint density at radius 1 is 1.24 bits per heavy atom. The first-order valence-electron chi connectivity index (χ1n) is 6.20. The van der Waals surface area contributed by atoms with Gasteiger partial charge in [0.1, 0.15) is 11.8 Å². The second-order valence-electron chi connectivity index (χ2n) is 4.10. The van der Waals surface area contributed by atoms with Crippen LogP contribution in [0.4, 0.5) is 0 Å². The molecule has 3 N–H and O–H groups in total. The van der Waals surface area contributed by atoms with Crippen molar-refractivity contribution < 1.29 is 19.8 Å². The molecule has 5 heteroatoms. The summed E-state index contributed by atoms with van der Waals surface area (Å²) in [5, 5.41) is 20.2. The van der Waals surface area contributed by atoms with Crippen LogP contribution < -0.4 is 5.32 Å². The highest BCUT2D eigenvalue weighted by Crippen LogP contribution is 2.01. The summed E-state index contributed by atoms with van der Waals surface area (Å²) < 4.78 is 0. The Labute approximate surface area is 102 Å². The molecule has 0 unspecified atom stereocenters. The first-order chi connectivity index (χ1) is 8.11. The van der Waals surface area contributed by atoms with Crippen LogP contribution in [0, 0.1) is 0 Å². The highest BCUT2D eigenvalue weighted by molar-refractivity contribution is 5.78. The molecule has 0 heterocycles. The number of aliphatic hydroxyl groups is 1. The molecule has 0 saturated heterocycles. The molecule has 0 aliphatic rings. The van der Waals surface area contributed by atoms with Crippen molar-refractivity contribution in [3.05, 3.63) is 0 Å². The van der Waals surface area contributed by atoms with E-state index in [0.717, 1.165) is 19.3 Å². The number of hydrogen-bond acceptors (Lipinski definition) is 4. The highest BCUT2D eigenvalue weighted by atomic mass is 16.4. The average Bonchev–Trinajstić information content (AvgIpc) is 2.28. The average molecular weight is 245 g/mol. The van der Waals surface area contributed by atoms with E-state index in [1.54, 1.807) is 0 Å². The monoisotopic (exact) mass is 245 g/mol. The zero-order chi connectivity index (χ0) is 13.1. The number of carboxylic acid groups (broad SMARTS) is 1. The van der Waals surface area contributed by atoms with Gasteiger partial charge < -0.3 is 15.5 Å². The summed E-state index contributed by atoms with van der Waals surface area (Å²) in [6, 6.07) is -0.761. The van der Waals surface area contributed by atoms with Gasteiger partial charge in [0.15, 0.2) is 0 Å². The molecule has 0 fully saturated rings. The third kappa shape index (κ3) is 8.83. The molecule has 0 rings (SSSR count). The third-order valence-electron chi connectivity index (χ3n) is 2.57. The number of carboxylic acids is 1. The molecule has 0 bridgehead atoms. The summed E-state index contributed by atoms with van der Waals surface area (Å²) >= 11 is 0. The van der Waals surface area contributed by atoms with Gasteiger partial charge in [0.05, 0.1) is 0 Å². The lowest BCUT2D eigenvalue weighted by atomic mass is 10.1. The van der Waals surface area contributed by atoms with Gasteiger partial charge in [-0.1, -0.05) is 19.8 Å². The molecule has 0 radical (unpaired) electrons. The summed E-state index contributed by atoms with van der Waals surface area (Å²) in [6.45, 7) is 2.27. The fourth-order valence-corrected chi connectivity index (χ4v) is 1.52. The minimum absolute atomic E-state index is 0.166. The first-order valence-corrected chi connectivity index (χ1v) is 6.20. The van der Waals surface area contributed by atoms with E-state index in [1.807, 2.05) is 0 Å². The van der Waals surface area contributed by atoms with Gasteiger partial charge in [-0.15, -0.1) is 0 Å². The molecule has 0 aromatic carbocycles. The Kier molecular flexibility index (Phi) is 9.66. The Morgan fingerprint density at radius 2 is 1.94 bits per heavy atom. The number of unbranched alkanes of at least 4 members (excludes halogenated alkanes) is 2. The molecule has 0 aliphatic heterocycles. The smallest absolute Gasteiger partial charge is 0.320 e. The number of hydrogen-bond donors (Lipinski definition) is 3. The predicted octanol–water partition coefficient (Wildman–Crippen LogP) is 0.951. The van der Waals surface area contributed by atoms with Gasteiger partial charge >= 0.3 is 5.97 Å². The summed E-state index contributed by atoms with van der Waals surface area (Å²) in [5.41, 5.74) is 0. The number of carbonyl (C=O) groups is 2. The lowest BCUT2D eigenvalue weighted by molar-refractivity contribution is -0.140. The van der Waals surface area contributed by atoms with Gasteiger partial charge in [-0.2, -0.15) is 0 Å². The predicted molar refractivity (Wildman–Crippen MR) is 64.9 cm³/mol. The summed E-state index contributed by atoms with van der Waals surface area (Å²) in [6.07, 6.45) is 4.16. The molecule has 0 aromatic rings. The van der Waals surface area contributed by atoms with Crippen molar-refractivity contribution in [2.24, 2.45) is 0 Å². The molecule has 0 saturated carbocycles. The molecular weight excluding hydrogens is 222 g/mol. The summed E-state index contributed by atoms with van der Waals surface area (Å²) in [7, 11) is 0. The standard InChI is InChI=1S/C12H23NO4/c1-2-3-4-5-10(15)6-8-13-11(7-9-14)12(16)17/h11,13-14H,2-9H2,1H3,(H,16,17)/t11-/m0/s1. The van der Waals surface area contributed by atoms with E-state index in [1.165, 1.54) is 0 Å². The van der Waals surface area contributed by atoms with E-state index >= 15 is 0 Å². The second kappa shape index (κ2) is 10.2. The van der Waals surface area contributed by atoms with Crippen LogP contribution in [0.25, 0.3) is 0 Å². The van der Waals surface area contributed by atoms with Crippen LogP contribution in [0.5, 0.6) is 0 Å². The molecule has 17 heavy (non-hydrogen) atoms. The molecule has 1 atom stereocenters. The second-order valence-corrected chi connectivity index (χ2v) is 4.10. The molecule has 0 spiro atoms. The quantitative estimate of drug-likeness (QED) is 0.472. The van der Waals surface area contributed by atoms with Crippen LogP contribution >= 0.6 is 0 Å². The van der Waals surface area contributed by atoms with Crippen molar-refractivity contribution in [2.75, 3.05) is 13.2 Å². The van der Waals surface area contributed by atoms with Crippen LogP contribution in [0.1, 0.15) is 45.4 Å². The van der Waals surface area contributed by atoms with Crippen molar-refractivity contribution in [1.29, 1.82) is 0 Å². The fourth-order valence-electron chi connectivity index (χ4n) is 1.52. The van der Waals surface area contributed by atoms with Gasteiger partial charge in [-0.25, -0.2) is 0 Å². The van der Waals surface area contributed by atoms with Gasteiger partial charge in [0, 0.05) is 26.0 Å². The highest BCUT2D eigenvalue weighted by Gasteiger charge is 2.15. The van der Waals surface area contributed by atoms with Gasteiger partial charge in [0.2, 0.25) is 0 Å². The number of nitrogens with one attached hydrogen (secondary N) is 1. The Hall–Kier alpha value is -0.940. The van der Waals surface area contributed by atoms with Crippen LogP contribution in [-0.4, -0.2) is 41.2 Å². The summed E-state index contributed by atoms with van der Waals surface area (Å²) in [4.78, 5) is 22.1. The van der Waals surface area contributed by atoms with Crippen molar-refractivity contribution in [3.8, 4) is 0 Å². The number of rotatable bonds is 11. The third-order valence-corrected chi connectivity index (χ3v) is 2.57. The zero-order valence-corrected chi connectivity index (χ0v) is 10.4. The summed E-state index contributed by atoms with van der Waals surface area (Å²) in [5.74, 6) is -0.823. The minimum Gasteiger partial charge on any atom is -0.480 e. The van der Waals surface area contributed by atoms with Crippen molar-refractivity contribution in [1.82, 2.24) is 5.32 Å². The SMILES string of the molecule is CCCCCC(=O)CCN[C@@H](CCO)C(=O)O. The first kappa shape index (κ1) is 16.1. The van der Waals surface area contributed by atoms with Crippen molar-refractivity contribution in [2.45, 2.75) is 51.5 Å². The van der Waals surface area contributed by atoms with Gasteiger partial charge in [-0.05, 0) is 12.8 Å². The van der Waals surface area contributed by atoms with Crippen LogP contribution in [0.15, 0.2) is 0 Å². The van der Waals surface area contributed by atoms with Gasteiger partial charge in [-0.3, -0.25) is 9.59 Å². The Bertz CT molecular complexity index is 231. The van der Waals surface area contributed by atoms with E-state index < -0.39 is 12.0 Å². The van der Waals surface area contributed by atoms with E-state index in [2.05, 4.69) is 12.2 Å². The topological polar surface area (TPSA) is 86.6 Å². The lowest BCUT2D eigenvalue weighted by Gasteiger charge is -2.12. The van der Waals surface area contributed by atoms with Crippen LogP contribution in [0.2, 0.25) is 0 Å². The molecule has 0 aliphatic carbocycles. The Morgan fingerprint density at radius 3 is 2.47 bits per heavy atom. The molecule has 0 aromatic heterocycles. The molecule has 5 nitrogen and oxygen atoms in total. The van der Waals surface area contributed by atoms with E-state index in [-0.39, 0.29) is 18.8 Å². The molecular formula is C12H23NO4. The zero-order valence-electron chi connectivity index (χ0n) is 10.4. The maximum absolute atomic E-state index is 11.4. The number of carbonyl (C=O) groups excluding carboxylic acids is 1. The maximum atomic E-state index is 11.4. The number of Topliss-reactive ketones (excluding diaryl/α,β-unsaturated/α-hetero) is 1. The fraction of sp³-hybridized carbons (Fsp3) is 0.833. The number of aliphatic carboxylic acids is 1. The lowest BCUT2D eigenvalue weighted by Crippen LogP contribution is -2.38. The molecule has 100 valence electrons. The molecule has 0 amide bonds. The van der Waals surface area contributed by atoms with Crippen LogP contribution in [0.3, 0.4) is 0 Å². The maximum Gasteiger partial charge on any atom is 0.320 e. The van der Waals surface area contributed by atoms with E-state index in [9.17, 15) is 9.59 Å². The number of aliphatic hydroxyl groups excluding tert-OH is 1. The van der Waals surface area contributed by atoms with E-state index in [4.69, 9.17) is 10.2 Å². The van der Waals surface area contributed by atoms with Gasteiger partial charge in [0.25, 0.3) is 0 Å². The Balaban J connectivity index is 3.65. The van der Waals surface area contributed by atoms with Crippen molar-refractivity contribution in [3.63, 3.8) is 0 Å². The normalized spacial score (nSPS) is 12.4. The number of ketones is 1. The van der Waals surface area contributed by atoms with Crippen LogP contribution in [-0.2, 0) is 9.59 Å². The largest absolute Gasteiger partial charge is 0.480 e.